The standard InChI is InChI=1S/C17H21NO3/c1-12(13-7-3-2-4-8-13)11-18-16(19)14-9-5-6-10-15(14)17(20)21/h2-8,12,14-15H,9-11H2,1H3,(H,18,19)(H,20,21). The van der Waals surface area contributed by atoms with E-state index in [1.54, 1.807) is 0 Å². The average Bonchev–Trinajstić information content (AvgIpc) is 2.53. The van der Waals surface area contributed by atoms with E-state index < -0.39 is 17.8 Å². The van der Waals surface area contributed by atoms with Gasteiger partial charge in [-0.3, -0.25) is 9.59 Å². The van der Waals surface area contributed by atoms with Crippen LogP contribution in [0.1, 0.15) is 31.2 Å². The van der Waals surface area contributed by atoms with Crippen molar-refractivity contribution in [3.63, 3.8) is 0 Å². The Morgan fingerprint density at radius 2 is 1.81 bits per heavy atom. The Kier molecular flexibility index (Phi) is 5.14. The number of hydrogen-bond donors (Lipinski definition) is 2. The highest BCUT2D eigenvalue weighted by Crippen LogP contribution is 2.26. The van der Waals surface area contributed by atoms with Crippen molar-refractivity contribution >= 4 is 11.9 Å². The van der Waals surface area contributed by atoms with Crippen molar-refractivity contribution in [1.82, 2.24) is 5.32 Å². The van der Waals surface area contributed by atoms with Gasteiger partial charge in [-0.15, -0.1) is 0 Å². The Morgan fingerprint density at radius 1 is 1.19 bits per heavy atom. The van der Waals surface area contributed by atoms with Crippen molar-refractivity contribution in [2.75, 3.05) is 6.54 Å². The predicted molar refractivity (Wildman–Crippen MR) is 80.9 cm³/mol. The molecule has 3 unspecified atom stereocenters. The van der Waals surface area contributed by atoms with Crippen LogP contribution < -0.4 is 5.32 Å². The van der Waals surface area contributed by atoms with Gasteiger partial charge in [0, 0.05) is 6.54 Å². The van der Waals surface area contributed by atoms with Crippen LogP contribution in [0, 0.1) is 11.8 Å². The quantitative estimate of drug-likeness (QED) is 0.818. The molecule has 0 saturated heterocycles. The fourth-order valence-corrected chi connectivity index (χ4v) is 2.66. The SMILES string of the molecule is CC(CNC(=O)C1CC=CCC1C(=O)O)c1ccccc1. The third kappa shape index (κ3) is 3.94. The molecule has 1 aromatic carbocycles. The van der Waals surface area contributed by atoms with E-state index in [0.717, 1.165) is 5.56 Å². The minimum absolute atomic E-state index is 0.158. The molecule has 1 aliphatic carbocycles. The first-order chi connectivity index (χ1) is 10.1. The number of carbonyl (C=O) groups excluding carboxylic acids is 1. The van der Waals surface area contributed by atoms with Gasteiger partial charge in [-0.1, -0.05) is 49.4 Å². The summed E-state index contributed by atoms with van der Waals surface area (Å²) >= 11 is 0. The maximum atomic E-state index is 12.2. The van der Waals surface area contributed by atoms with E-state index in [0.29, 0.717) is 19.4 Å². The number of nitrogens with one attached hydrogen (secondary N) is 1. The second-order valence-corrected chi connectivity index (χ2v) is 5.55. The van der Waals surface area contributed by atoms with Crippen LogP contribution in [0.5, 0.6) is 0 Å². The molecule has 2 rings (SSSR count). The second kappa shape index (κ2) is 7.07. The van der Waals surface area contributed by atoms with Gasteiger partial charge in [0.05, 0.1) is 11.8 Å². The Labute approximate surface area is 124 Å². The van der Waals surface area contributed by atoms with E-state index in [9.17, 15) is 14.7 Å². The van der Waals surface area contributed by atoms with Gasteiger partial charge >= 0.3 is 5.97 Å². The molecule has 0 aliphatic heterocycles. The molecule has 3 atom stereocenters. The summed E-state index contributed by atoms with van der Waals surface area (Å²) in [5, 5.41) is 12.1. The molecule has 0 bridgehead atoms. The number of hydrogen-bond acceptors (Lipinski definition) is 2. The van der Waals surface area contributed by atoms with Gasteiger partial charge < -0.3 is 10.4 Å². The number of allylic oxidation sites excluding steroid dienone is 2. The Hall–Kier alpha value is -2.10. The molecule has 2 N–H and O–H groups in total. The molecular weight excluding hydrogens is 266 g/mol. The van der Waals surface area contributed by atoms with Gasteiger partial charge in [-0.05, 0) is 24.3 Å². The van der Waals surface area contributed by atoms with Crippen LogP contribution in [0.15, 0.2) is 42.5 Å². The minimum atomic E-state index is -0.893. The van der Waals surface area contributed by atoms with Crippen LogP contribution in [-0.2, 0) is 9.59 Å². The number of rotatable bonds is 5. The van der Waals surface area contributed by atoms with Crippen LogP contribution in [0.2, 0.25) is 0 Å². The molecule has 0 heterocycles. The predicted octanol–water partition coefficient (Wildman–Crippen LogP) is 2.57. The molecular formula is C17H21NO3. The summed E-state index contributed by atoms with van der Waals surface area (Å²) in [4.78, 5) is 23.5. The maximum absolute atomic E-state index is 12.2. The van der Waals surface area contributed by atoms with Crippen LogP contribution in [0.4, 0.5) is 0 Å². The number of benzene rings is 1. The molecule has 4 heteroatoms. The monoisotopic (exact) mass is 287 g/mol. The normalized spacial score (nSPS) is 22.5. The van der Waals surface area contributed by atoms with Gasteiger partial charge in [0.15, 0.2) is 0 Å². The van der Waals surface area contributed by atoms with E-state index in [4.69, 9.17) is 0 Å². The number of carbonyl (C=O) groups is 2. The summed E-state index contributed by atoms with van der Waals surface area (Å²) in [6.45, 7) is 2.57. The van der Waals surface area contributed by atoms with Crippen molar-refractivity contribution in [3.8, 4) is 0 Å². The van der Waals surface area contributed by atoms with E-state index in [1.165, 1.54) is 0 Å². The molecule has 1 amide bonds. The largest absolute Gasteiger partial charge is 0.481 e. The van der Waals surface area contributed by atoms with Crippen LogP contribution >= 0.6 is 0 Å². The summed E-state index contributed by atoms with van der Waals surface area (Å²) in [6.07, 6.45) is 4.67. The summed E-state index contributed by atoms with van der Waals surface area (Å²) in [5.74, 6) is -1.92. The summed E-state index contributed by atoms with van der Waals surface area (Å²) in [5.41, 5.74) is 1.16. The fraction of sp³-hybridized carbons (Fsp3) is 0.412. The molecule has 4 nitrogen and oxygen atoms in total. The van der Waals surface area contributed by atoms with Crippen molar-refractivity contribution in [3.05, 3.63) is 48.0 Å². The first-order valence-electron chi connectivity index (χ1n) is 7.30. The van der Waals surface area contributed by atoms with E-state index in [-0.39, 0.29) is 11.8 Å². The lowest BCUT2D eigenvalue weighted by molar-refractivity contribution is -0.147. The van der Waals surface area contributed by atoms with Gasteiger partial charge in [-0.25, -0.2) is 0 Å². The van der Waals surface area contributed by atoms with Gasteiger partial charge in [0.1, 0.15) is 0 Å². The van der Waals surface area contributed by atoms with Gasteiger partial charge in [0.2, 0.25) is 5.91 Å². The highest BCUT2D eigenvalue weighted by Gasteiger charge is 2.33. The number of carboxylic acid groups (broad SMARTS) is 1. The molecule has 1 aliphatic rings. The first kappa shape index (κ1) is 15.3. The zero-order valence-corrected chi connectivity index (χ0v) is 12.2. The summed E-state index contributed by atoms with van der Waals surface area (Å²) in [7, 11) is 0. The number of aliphatic carboxylic acids is 1. The minimum Gasteiger partial charge on any atom is -0.481 e. The lowest BCUT2D eigenvalue weighted by Gasteiger charge is -2.25. The third-order valence-corrected chi connectivity index (χ3v) is 4.04. The Morgan fingerprint density at radius 3 is 2.43 bits per heavy atom. The summed E-state index contributed by atoms with van der Waals surface area (Å²) < 4.78 is 0. The van der Waals surface area contributed by atoms with E-state index in [1.807, 2.05) is 49.4 Å². The third-order valence-electron chi connectivity index (χ3n) is 4.04. The zero-order chi connectivity index (χ0) is 15.2. The lowest BCUT2D eigenvalue weighted by atomic mass is 9.82. The molecule has 1 aromatic rings. The maximum Gasteiger partial charge on any atom is 0.307 e. The van der Waals surface area contributed by atoms with Gasteiger partial charge in [-0.2, -0.15) is 0 Å². The second-order valence-electron chi connectivity index (χ2n) is 5.55. The number of carboxylic acids is 1. The smallest absolute Gasteiger partial charge is 0.307 e. The molecule has 21 heavy (non-hydrogen) atoms. The van der Waals surface area contributed by atoms with Crippen molar-refractivity contribution < 1.29 is 14.7 Å². The van der Waals surface area contributed by atoms with Crippen LogP contribution in [0.3, 0.4) is 0 Å². The van der Waals surface area contributed by atoms with E-state index in [2.05, 4.69) is 5.32 Å². The van der Waals surface area contributed by atoms with Crippen LogP contribution in [0.25, 0.3) is 0 Å². The molecule has 0 spiro atoms. The highest BCUT2D eigenvalue weighted by atomic mass is 16.4. The highest BCUT2D eigenvalue weighted by molar-refractivity contribution is 5.85. The first-order valence-corrected chi connectivity index (χ1v) is 7.30. The fourth-order valence-electron chi connectivity index (χ4n) is 2.66. The number of amides is 1. The lowest BCUT2D eigenvalue weighted by Crippen LogP contribution is -2.40. The van der Waals surface area contributed by atoms with E-state index >= 15 is 0 Å². The summed E-state index contributed by atoms with van der Waals surface area (Å²) in [6, 6.07) is 9.96. The molecule has 0 radical (unpaired) electrons. The van der Waals surface area contributed by atoms with Crippen molar-refractivity contribution in [2.24, 2.45) is 11.8 Å². The molecule has 0 saturated carbocycles. The average molecular weight is 287 g/mol. The Balaban J connectivity index is 1.92. The molecule has 0 fully saturated rings. The zero-order valence-electron chi connectivity index (χ0n) is 12.2. The van der Waals surface area contributed by atoms with Crippen LogP contribution in [-0.4, -0.2) is 23.5 Å². The van der Waals surface area contributed by atoms with Crippen molar-refractivity contribution in [2.45, 2.75) is 25.7 Å². The molecule has 112 valence electrons. The topological polar surface area (TPSA) is 66.4 Å². The Bertz CT molecular complexity index is 524. The van der Waals surface area contributed by atoms with Gasteiger partial charge in [0.25, 0.3) is 0 Å². The van der Waals surface area contributed by atoms with Crippen molar-refractivity contribution in [1.29, 1.82) is 0 Å². The molecule has 0 aromatic heterocycles.